The molecule has 0 radical (unpaired) electrons. The monoisotopic (exact) mass is 628 g/mol. The molecule has 1 aliphatic heterocycles. The highest BCUT2D eigenvalue weighted by Gasteiger charge is 2.34. The molecular weight excluding hydrogens is 595 g/mol. The smallest absolute Gasteiger partial charge is 0.351 e. The Labute approximate surface area is 265 Å². The molecule has 1 amide bonds. The number of aromatic nitrogens is 4. The summed E-state index contributed by atoms with van der Waals surface area (Å²) in [5.41, 5.74) is 3.09. The minimum Gasteiger partial charge on any atom is -0.464 e. The van der Waals surface area contributed by atoms with Gasteiger partial charge in [0.25, 0.3) is 0 Å². The van der Waals surface area contributed by atoms with E-state index in [1.165, 1.54) is 23.0 Å². The lowest BCUT2D eigenvalue weighted by atomic mass is 9.99. The summed E-state index contributed by atoms with van der Waals surface area (Å²) < 4.78 is 22.7. The van der Waals surface area contributed by atoms with Crippen LogP contribution in [0.25, 0.3) is 33.3 Å². The Hall–Kier alpha value is -4.57. The molecule has 45 heavy (non-hydrogen) atoms. The molecule has 0 bridgehead atoms. The average molecular weight is 629 g/mol. The molecule has 232 valence electrons. The number of fused-ring (bicyclic) bond motifs is 2. The summed E-state index contributed by atoms with van der Waals surface area (Å²) in [6.45, 7) is 14.6. The molecule has 1 fully saturated rings. The first-order chi connectivity index (χ1) is 21.5. The van der Waals surface area contributed by atoms with Gasteiger partial charge in [-0.15, -0.1) is 0 Å². The highest BCUT2D eigenvalue weighted by Crippen LogP contribution is 2.38. The van der Waals surface area contributed by atoms with Crippen LogP contribution in [0.4, 0.5) is 10.2 Å². The number of rotatable bonds is 6. The van der Waals surface area contributed by atoms with Crippen molar-refractivity contribution in [3.8, 4) is 11.3 Å². The minimum atomic E-state index is -0.551. The van der Waals surface area contributed by atoms with Crippen LogP contribution in [0.15, 0.2) is 64.7 Å². The summed E-state index contributed by atoms with van der Waals surface area (Å²) in [4.78, 5) is 44.5. The van der Waals surface area contributed by atoms with Gasteiger partial charge in [-0.3, -0.25) is 14.3 Å². The van der Waals surface area contributed by atoms with Crippen molar-refractivity contribution in [1.82, 2.24) is 24.4 Å². The molecule has 0 aliphatic carbocycles. The highest BCUT2D eigenvalue weighted by atomic mass is 35.5. The molecule has 2 atom stereocenters. The number of carbonyl (C=O) groups excluding carboxylic acids is 1. The Balaban J connectivity index is 1.61. The number of hydrogen-bond donors (Lipinski definition) is 0. The van der Waals surface area contributed by atoms with Gasteiger partial charge in [-0.25, -0.2) is 14.2 Å². The van der Waals surface area contributed by atoms with Gasteiger partial charge < -0.3 is 14.2 Å². The van der Waals surface area contributed by atoms with Crippen molar-refractivity contribution in [2.75, 3.05) is 18.0 Å². The number of furan rings is 1. The van der Waals surface area contributed by atoms with Crippen molar-refractivity contribution in [2.24, 2.45) is 0 Å². The van der Waals surface area contributed by atoms with Crippen molar-refractivity contribution >= 4 is 45.3 Å². The van der Waals surface area contributed by atoms with Crippen LogP contribution in [0.5, 0.6) is 0 Å². The molecule has 6 rings (SSSR count). The predicted octanol–water partition coefficient (Wildman–Crippen LogP) is 6.48. The molecule has 0 unspecified atom stereocenters. The minimum absolute atomic E-state index is 0.106. The van der Waals surface area contributed by atoms with Crippen molar-refractivity contribution in [3.05, 3.63) is 93.6 Å². The van der Waals surface area contributed by atoms with E-state index in [2.05, 4.69) is 30.4 Å². The van der Waals surface area contributed by atoms with E-state index in [1.54, 1.807) is 29.3 Å². The van der Waals surface area contributed by atoms with E-state index in [0.717, 1.165) is 16.8 Å². The molecular formula is C34H34ClFN6O3. The van der Waals surface area contributed by atoms with Crippen LogP contribution < -0.4 is 10.6 Å². The first kappa shape index (κ1) is 30.5. The molecule has 4 aromatic heterocycles. The molecule has 1 aliphatic rings. The van der Waals surface area contributed by atoms with Gasteiger partial charge >= 0.3 is 5.69 Å². The van der Waals surface area contributed by atoms with E-state index in [1.807, 2.05) is 31.7 Å². The molecule has 1 saturated heterocycles. The largest absolute Gasteiger partial charge is 0.464 e. The lowest BCUT2D eigenvalue weighted by Crippen LogP contribution is -2.58. The van der Waals surface area contributed by atoms with Crippen LogP contribution in [0.1, 0.15) is 50.4 Å². The molecule has 1 aromatic carbocycles. The van der Waals surface area contributed by atoms with Crippen LogP contribution in [-0.4, -0.2) is 55.5 Å². The Morgan fingerprint density at radius 3 is 2.69 bits per heavy atom. The summed E-state index contributed by atoms with van der Waals surface area (Å²) in [5.74, 6) is -0.195. The topological polar surface area (TPSA) is 97.4 Å². The third-order valence-electron chi connectivity index (χ3n) is 8.59. The Morgan fingerprint density at radius 2 is 1.96 bits per heavy atom. The molecule has 5 heterocycles. The third kappa shape index (κ3) is 5.27. The maximum absolute atomic E-state index is 15.5. The average Bonchev–Trinajstić information content (AvgIpc) is 3.48. The Kier molecular flexibility index (Phi) is 7.95. The van der Waals surface area contributed by atoms with Gasteiger partial charge in [0.2, 0.25) is 5.91 Å². The fourth-order valence-electron chi connectivity index (χ4n) is 6.23. The van der Waals surface area contributed by atoms with Crippen molar-refractivity contribution < 1.29 is 13.6 Å². The molecule has 11 heteroatoms. The number of anilines is 1. The quantitative estimate of drug-likeness (QED) is 0.198. The summed E-state index contributed by atoms with van der Waals surface area (Å²) in [6, 6.07) is 7.96. The summed E-state index contributed by atoms with van der Waals surface area (Å²) >= 11 is 6.90. The second-order valence-corrected chi connectivity index (χ2v) is 12.4. The number of amides is 1. The van der Waals surface area contributed by atoms with Crippen LogP contribution in [-0.2, 0) is 11.3 Å². The number of piperazine rings is 1. The standard InChI is InChI=1S/C34H34ClFN6O3/c1-7-27(43)40-15-21(6)41(16-20(40)5)33-23-14-25(35)30(28-26(36)9-8-22-11-13-45-31(22)28)38-32(23)42(34(44)39-33)17-24-19(4)10-12-37-29(24)18(2)3/h7-14,18,20-21H,1,15-17H2,2-6H3/t20-,21+/m1/s1. The van der Waals surface area contributed by atoms with Crippen LogP contribution >= 0.6 is 11.6 Å². The third-order valence-corrected chi connectivity index (χ3v) is 8.88. The predicted molar refractivity (Wildman–Crippen MR) is 174 cm³/mol. The normalized spacial score (nSPS) is 17.1. The first-order valence-electron chi connectivity index (χ1n) is 14.9. The van der Waals surface area contributed by atoms with Gasteiger partial charge in [-0.05, 0) is 74.2 Å². The van der Waals surface area contributed by atoms with Gasteiger partial charge in [0.1, 0.15) is 22.9 Å². The van der Waals surface area contributed by atoms with Crippen molar-refractivity contribution in [3.63, 3.8) is 0 Å². The second kappa shape index (κ2) is 11.7. The number of carbonyl (C=O) groups is 1. The zero-order valence-electron chi connectivity index (χ0n) is 25.8. The molecule has 0 N–H and O–H groups in total. The van der Waals surface area contributed by atoms with E-state index < -0.39 is 11.5 Å². The van der Waals surface area contributed by atoms with E-state index in [-0.39, 0.29) is 46.7 Å². The molecule has 0 saturated carbocycles. The number of nitrogens with zero attached hydrogens (tertiary/aromatic N) is 6. The second-order valence-electron chi connectivity index (χ2n) is 11.9. The number of hydrogen-bond acceptors (Lipinski definition) is 7. The zero-order valence-corrected chi connectivity index (χ0v) is 26.6. The van der Waals surface area contributed by atoms with Gasteiger partial charge in [0.15, 0.2) is 0 Å². The maximum Gasteiger partial charge on any atom is 0.351 e. The highest BCUT2D eigenvalue weighted by molar-refractivity contribution is 6.34. The van der Waals surface area contributed by atoms with Gasteiger partial charge in [0.05, 0.1) is 34.5 Å². The summed E-state index contributed by atoms with van der Waals surface area (Å²) in [5, 5.41) is 1.41. The van der Waals surface area contributed by atoms with Crippen molar-refractivity contribution in [1.29, 1.82) is 0 Å². The molecule has 0 spiro atoms. The van der Waals surface area contributed by atoms with Gasteiger partial charge in [-0.1, -0.05) is 32.0 Å². The summed E-state index contributed by atoms with van der Waals surface area (Å²) in [7, 11) is 0. The fraction of sp³-hybridized carbons (Fsp3) is 0.324. The van der Waals surface area contributed by atoms with Crippen LogP contribution in [0.3, 0.4) is 0 Å². The van der Waals surface area contributed by atoms with Crippen molar-refractivity contribution in [2.45, 2.75) is 59.2 Å². The number of halogens is 2. The van der Waals surface area contributed by atoms with E-state index in [9.17, 15) is 9.59 Å². The van der Waals surface area contributed by atoms with E-state index >= 15 is 4.39 Å². The fourth-order valence-corrected chi connectivity index (χ4v) is 6.48. The number of pyridine rings is 2. The molecule has 9 nitrogen and oxygen atoms in total. The number of benzene rings is 1. The Morgan fingerprint density at radius 1 is 1.18 bits per heavy atom. The SMILES string of the molecule is C=CC(=O)N1C[C@H](C)N(c2nc(=O)n(Cc3c(C)ccnc3C(C)C)c3nc(-c4c(F)ccc5ccoc45)c(Cl)cc23)C[C@H]1C. The lowest BCUT2D eigenvalue weighted by Gasteiger charge is -2.44. The molecule has 5 aromatic rings. The summed E-state index contributed by atoms with van der Waals surface area (Å²) in [6.07, 6.45) is 4.56. The zero-order chi connectivity index (χ0) is 32.2. The number of aryl methyl sites for hydroxylation is 1. The van der Waals surface area contributed by atoms with Gasteiger partial charge in [0, 0.05) is 42.5 Å². The maximum atomic E-state index is 15.5. The van der Waals surface area contributed by atoms with Gasteiger partial charge in [-0.2, -0.15) is 4.98 Å². The first-order valence-corrected chi connectivity index (χ1v) is 15.3. The van der Waals surface area contributed by atoms with E-state index in [4.69, 9.17) is 21.0 Å². The van der Waals surface area contributed by atoms with Crippen LogP contribution in [0.2, 0.25) is 5.02 Å². The van der Waals surface area contributed by atoms with E-state index in [0.29, 0.717) is 40.9 Å². The van der Waals surface area contributed by atoms with Crippen LogP contribution in [0, 0.1) is 12.7 Å². The Bertz CT molecular complexity index is 2040. The lowest BCUT2D eigenvalue weighted by molar-refractivity contribution is -0.128.